The van der Waals surface area contributed by atoms with Gasteiger partial charge in [0.1, 0.15) is 11.7 Å². The smallest absolute Gasteiger partial charge is 0.417 e. The molecule has 2 atom stereocenters. The highest BCUT2D eigenvalue weighted by atomic mass is 35.5. The number of nitrogens with zero attached hydrogens (tertiary/aromatic N) is 4. The molecule has 2 aliphatic rings. The molecule has 1 amide bonds. The van der Waals surface area contributed by atoms with Crippen LogP contribution in [0.4, 0.5) is 4.79 Å². The standard InChI is InChI=1S/C17H21ClN4O5/c1-12-8-14(11-26-12)9-20-6-7-21(16(20)19-22(24)25)17(23)27-10-13-2-4-15(18)5-3-13/h2-5,12,14H,6-11H2,1H3. The van der Waals surface area contributed by atoms with Crippen molar-refractivity contribution in [1.82, 2.24) is 9.80 Å². The molecule has 0 spiro atoms. The Kier molecular flexibility index (Phi) is 6.12. The van der Waals surface area contributed by atoms with Gasteiger partial charge in [-0.3, -0.25) is 0 Å². The van der Waals surface area contributed by atoms with Gasteiger partial charge in [0, 0.05) is 24.0 Å². The van der Waals surface area contributed by atoms with Crippen LogP contribution in [0.2, 0.25) is 5.02 Å². The van der Waals surface area contributed by atoms with E-state index in [1.54, 1.807) is 29.2 Å². The largest absolute Gasteiger partial charge is 0.444 e. The Bertz CT molecular complexity index is 727. The molecular formula is C17H21ClN4O5. The Hall–Kier alpha value is -2.39. The number of amides is 1. The Morgan fingerprint density at radius 1 is 1.41 bits per heavy atom. The highest BCUT2D eigenvalue weighted by molar-refractivity contribution is 6.30. The van der Waals surface area contributed by atoms with Gasteiger partial charge in [-0.1, -0.05) is 23.7 Å². The average molecular weight is 397 g/mol. The summed E-state index contributed by atoms with van der Waals surface area (Å²) in [5.74, 6) is 0.266. The zero-order valence-corrected chi connectivity index (χ0v) is 15.7. The SMILES string of the molecule is CC1CC(CN2CCN(C(=O)OCc3ccc(Cl)cc3)C2=N[N+](=O)[O-])CO1. The van der Waals surface area contributed by atoms with E-state index in [1.807, 2.05) is 6.92 Å². The molecule has 0 bridgehead atoms. The zero-order chi connectivity index (χ0) is 19.4. The van der Waals surface area contributed by atoms with Crippen molar-refractivity contribution in [3.05, 3.63) is 45.0 Å². The van der Waals surface area contributed by atoms with E-state index in [1.165, 1.54) is 4.90 Å². The summed E-state index contributed by atoms with van der Waals surface area (Å²) in [4.78, 5) is 26.3. The van der Waals surface area contributed by atoms with Gasteiger partial charge in [-0.2, -0.15) is 0 Å². The van der Waals surface area contributed by atoms with E-state index in [0.717, 1.165) is 12.0 Å². The van der Waals surface area contributed by atoms with Crippen LogP contribution in [-0.4, -0.2) is 59.2 Å². The minimum atomic E-state index is -0.791. The molecule has 9 nitrogen and oxygen atoms in total. The summed E-state index contributed by atoms with van der Waals surface area (Å²) < 4.78 is 10.8. The first kappa shape index (κ1) is 19.4. The van der Waals surface area contributed by atoms with E-state index < -0.39 is 11.1 Å². The van der Waals surface area contributed by atoms with Crippen LogP contribution in [0.5, 0.6) is 0 Å². The molecule has 0 radical (unpaired) electrons. The number of nitro groups is 1. The lowest BCUT2D eigenvalue weighted by Gasteiger charge is -2.21. The van der Waals surface area contributed by atoms with Gasteiger partial charge in [0.05, 0.1) is 19.3 Å². The van der Waals surface area contributed by atoms with Crippen molar-refractivity contribution < 1.29 is 19.3 Å². The van der Waals surface area contributed by atoms with Crippen molar-refractivity contribution >= 4 is 23.7 Å². The number of benzene rings is 1. The molecule has 0 aromatic heterocycles. The Labute approximate surface area is 161 Å². The van der Waals surface area contributed by atoms with Crippen LogP contribution in [-0.2, 0) is 16.1 Å². The fourth-order valence-corrected chi connectivity index (χ4v) is 3.40. The predicted octanol–water partition coefficient (Wildman–Crippen LogP) is 2.57. The van der Waals surface area contributed by atoms with Crippen molar-refractivity contribution in [3.63, 3.8) is 0 Å². The molecule has 2 heterocycles. The number of guanidine groups is 1. The summed E-state index contributed by atoms with van der Waals surface area (Å²) in [6.07, 6.45) is 0.390. The second-order valence-electron chi connectivity index (χ2n) is 6.66. The maximum Gasteiger partial charge on any atom is 0.417 e. The minimum Gasteiger partial charge on any atom is -0.444 e. The van der Waals surface area contributed by atoms with Gasteiger partial charge in [-0.05, 0) is 31.0 Å². The molecule has 2 aliphatic heterocycles. The summed E-state index contributed by atoms with van der Waals surface area (Å²) in [5.41, 5.74) is 0.772. The first-order chi connectivity index (χ1) is 12.9. The highest BCUT2D eigenvalue weighted by Gasteiger charge is 2.37. The van der Waals surface area contributed by atoms with Crippen molar-refractivity contribution in [1.29, 1.82) is 0 Å². The molecule has 1 aromatic carbocycles. The zero-order valence-electron chi connectivity index (χ0n) is 14.9. The second kappa shape index (κ2) is 8.53. The van der Waals surface area contributed by atoms with Gasteiger partial charge in [0.15, 0.2) is 5.03 Å². The van der Waals surface area contributed by atoms with Crippen LogP contribution in [0.25, 0.3) is 0 Å². The summed E-state index contributed by atoms with van der Waals surface area (Å²) in [5, 5.41) is 14.2. The normalized spacial score (nSPS) is 23.9. The van der Waals surface area contributed by atoms with E-state index in [4.69, 9.17) is 21.1 Å². The monoisotopic (exact) mass is 396 g/mol. The fourth-order valence-electron chi connectivity index (χ4n) is 3.28. The van der Waals surface area contributed by atoms with Crippen molar-refractivity contribution in [3.8, 4) is 0 Å². The molecule has 27 heavy (non-hydrogen) atoms. The minimum absolute atomic E-state index is 0.0145. The number of carbonyl (C=O) groups is 1. The van der Waals surface area contributed by atoms with E-state index in [0.29, 0.717) is 24.7 Å². The van der Waals surface area contributed by atoms with Crippen molar-refractivity contribution in [2.24, 2.45) is 11.0 Å². The van der Waals surface area contributed by atoms with Gasteiger partial charge in [0.2, 0.25) is 0 Å². The Morgan fingerprint density at radius 2 is 2.15 bits per heavy atom. The van der Waals surface area contributed by atoms with E-state index in [9.17, 15) is 14.9 Å². The summed E-state index contributed by atoms with van der Waals surface area (Å²) in [6.45, 7) is 3.95. The molecule has 146 valence electrons. The van der Waals surface area contributed by atoms with E-state index >= 15 is 0 Å². The van der Waals surface area contributed by atoms with E-state index in [-0.39, 0.29) is 31.1 Å². The van der Waals surface area contributed by atoms with E-state index in [2.05, 4.69) is 5.10 Å². The maximum absolute atomic E-state index is 12.4. The molecule has 2 unspecified atom stereocenters. The second-order valence-corrected chi connectivity index (χ2v) is 7.10. The topological polar surface area (TPSA) is 97.5 Å². The lowest BCUT2D eigenvalue weighted by atomic mass is 10.1. The quantitative estimate of drug-likeness (QED) is 0.560. The molecule has 0 saturated carbocycles. The lowest BCUT2D eigenvalue weighted by Crippen LogP contribution is -2.40. The molecule has 0 N–H and O–H groups in total. The summed E-state index contributed by atoms with van der Waals surface area (Å²) in [6, 6.07) is 6.90. The van der Waals surface area contributed by atoms with Crippen LogP contribution in [0, 0.1) is 16.0 Å². The van der Waals surface area contributed by atoms with Crippen LogP contribution in [0.15, 0.2) is 29.4 Å². The third kappa shape index (κ3) is 5.08. The maximum atomic E-state index is 12.4. The van der Waals surface area contributed by atoms with Crippen molar-refractivity contribution in [2.75, 3.05) is 26.2 Å². The van der Waals surface area contributed by atoms with Crippen LogP contribution >= 0.6 is 11.6 Å². The molecule has 2 fully saturated rings. The number of rotatable bonds is 5. The molecule has 10 heteroatoms. The third-order valence-corrected chi connectivity index (χ3v) is 4.80. The third-order valence-electron chi connectivity index (χ3n) is 4.55. The van der Waals surface area contributed by atoms with Crippen molar-refractivity contribution in [2.45, 2.75) is 26.1 Å². The molecule has 2 saturated heterocycles. The molecule has 0 aliphatic carbocycles. The Balaban J connectivity index is 1.63. The number of hydrogen-bond donors (Lipinski definition) is 0. The van der Waals surface area contributed by atoms with Gasteiger partial charge in [0.25, 0.3) is 5.96 Å². The molecule has 1 aromatic rings. The first-order valence-electron chi connectivity index (χ1n) is 8.70. The first-order valence-corrected chi connectivity index (χ1v) is 9.08. The van der Waals surface area contributed by atoms with Gasteiger partial charge in [-0.25, -0.2) is 19.8 Å². The Morgan fingerprint density at radius 3 is 2.78 bits per heavy atom. The van der Waals surface area contributed by atoms with Crippen LogP contribution < -0.4 is 0 Å². The number of hydrazone groups is 1. The number of ether oxygens (including phenoxy) is 2. The fraction of sp³-hybridized carbons (Fsp3) is 0.529. The number of carbonyl (C=O) groups excluding carboxylic acids is 1. The summed E-state index contributed by atoms with van der Waals surface area (Å²) >= 11 is 5.83. The van der Waals surface area contributed by atoms with Crippen LogP contribution in [0.1, 0.15) is 18.9 Å². The molecular weight excluding hydrogens is 376 g/mol. The summed E-state index contributed by atoms with van der Waals surface area (Å²) in [7, 11) is 0. The molecule has 3 rings (SSSR count). The average Bonchev–Trinajstić information content (AvgIpc) is 3.20. The predicted molar refractivity (Wildman–Crippen MR) is 97.9 cm³/mol. The lowest BCUT2D eigenvalue weighted by molar-refractivity contribution is -0.486. The highest BCUT2D eigenvalue weighted by Crippen LogP contribution is 2.22. The van der Waals surface area contributed by atoms with Gasteiger partial charge >= 0.3 is 6.09 Å². The van der Waals surface area contributed by atoms with Gasteiger partial charge < -0.3 is 14.4 Å². The van der Waals surface area contributed by atoms with Gasteiger partial charge in [-0.15, -0.1) is 0 Å². The number of hydrogen-bond acceptors (Lipinski definition) is 5. The number of halogens is 1. The van der Waals surface area contributed by atoms with Crippen LogP contribution in [0.3, 0.4) is 0 Å².